The van der Waals surface area contributed by atoms with Crippen molar-refractivity contribution in [1.82, 2.24) is 14.3 Å². The maximum atomic E-state index is 12.8. The van der Waals surface area contributed by atoms with Gasteiger partial charge in [0.2, 0.25) is 11.8 Å². The summed E-state index contributed by atoms with van der Waals surface area (Å²) in [6, 6.07) is 8.97. The fourth-order valence-corrected chi connectivity index (χ4v) is 4.60. The van der Waals surface area contributed by atoms with Crippen LogP contribution in [0.15, 0.2) is 35.1 Å². The number of carbonyl (C=O) groups excluding carboxylic acids is 4. The predicted molar refractivity (Wildman–Crippen MR) is 118 cm³/mol. The number of esters is 1. The highest BCUT2D eigenvalue weighted by Gasteiger charge is 2.48. The first-order valence-electron chi connectivity index (χ1n) is 10.9. The monoisotopic (exact) mass is 454 g/mol. The highest BCUT2D eigenvalue weighted by atomic mass is 16.5. The number of ether oxygens (including phenoxy) is 1. The number of carbonyl (C=O) groups is 4. The number of amides is 3. The number of rotatable bonds is 6. The van der Waals surface area contributed by atoms with Gasteiger partial charge in [0.05, 0.1) is 23.2 Å². The summed E-state index contributed by atoms with van der Waals surface area (Å²) in [5.74, 6) is -2.93. The Morgan fingerprint density at radius 1 is 1.03 bits per heavy atom. The molecule has 0 bridgehead atoms. The Morgan fingerprint density at radius 2 is 1.64 bits per heavy atom. The van der Waals surface area contributed by atoms with E-state index in [9.17, 15) is 24.0 Å². The van der Waals surface area contributed by atoms with Gasteiger partial charge >= 0.3 is 5.97 Å². The fourth-order valence-electron chi connectivity index (χ4n) is 4.60. The second-order valence-electron chi connectivity index (χ2n) is 8.41. The summed E-state index contributed by atoms with van der Waals surface area (Å²) in [4.78, 5) is 63.3. The van der Waals surface area contributed by atoms with Crippen molar-refractivity contribution >= 4 is 29.4 Å². The van der Waals surface area contributed by atoms with Crippen molar-refractivity contribution in [1.29, 1.82) is 0 Å². The van der Waals surface area contributed by atoms with E-state index in [1.54, 1.807) is 42.9 Å². The Balaban J connectivity index is 1.36. The summed E-state index contributed by atoms with van der Waals surface area (Å²) in [5, 5.41) is 2.50. The molecule has 1 aliphatic carbocycles. The lowest BCUT2D eigenvalue weighted by Gasteiger charge is -2.19. The molecule has 1 aromatic heterocycles. The Kier molecular flexibility index (Phi) is 6.17. The maximum Gasteiger partial charge on any atom is 0.326 e. The van der Waals surface area contributed by atoms with E-state index in [1.165, 1.54) is 4.68 Å². The number of para-hydroxylation sites is 1. The van der Waals surface area contributed by atoms with E-state index >= 15 is 0 Å². The Morgan fingerprint density at radius 3 is 2.24 bits per heavy atom. The third kappa shape index (κ3) is 4.20. The smallest absolute Gasteiger partial charge is 0.326 e. The molecule has 1 saturated carbocycles. The van der Waals surface area contributed by atoms with Gasteiger partial charge in [-0.05, 0) is 31.9 Å². The molecule has 33 heavy (non-hydrogen) atoms. The number of hydrogen-bond acceptors (Lipinski definition) is 6. The maximum absolute atomic E-state index is 12.8. The number of benzene rings is 1. The van der Waals surface area contributed by atoms with Crippen LogP contribution in [0, 0.1) is 18.8 Å². The number of imide groups is 1. The molecular weight excluding hydrogens is 428 g/mol. The SMILES string of the molecule is Cc1c(NC(=O)COC(=O)CN2C(=O)C3CCCCC3C2=O)c(=O)n(-c2ccccc2)n1C. The van der Waals surface area contributed by atoms with E-state index < -0.39 is 30.6 Å². The number of nitrogens with zero attached hydrogens (tertiary/aromatic N) is 3. The van der Waals surface area contributed by atoms with E-state index in [0.29, 0.717) is 24.2 Å². The van der Waals surface area contributed by atoms with Gasteiger partial charge in [-0.15, -0.1) is 0 Å². The number of nitrogens with one attached hydrogen (secondary N) is 1. The largest absolute Gasteiger partial charge is 0.454 e. The van der Waals surface area contributed by atoms with Gasteiger partial charge in [-0.25, -0.2) is 4.68 Å². The van der Waals surface area contributed by atoms with Crippen molar-refractivity contribution in [3.8, 4) is 5.69 Å². The van der Waals surface area contributed by atoms with Crippen molar-refractivity contribution in [2.75, 3.05) is 18.5 Å². The lowest BCUT2D eigenvalue weighted by molar-refractivity contribution is -0.154. The molecule has 3 amide bonds. The van der Waals surface area contributed by atoms with Gasteiger partial charge in [0.25, 0.3) is 11.5 Å². The van der Waals surface area contributed by atoms with Crippen LogP contribution in [0.4, 0.5) is 5.69 Å². The standard InChI is InChI=1S/C23H26N4O6/c1-14-20(23(32)27(25(14)2)15-8-4-3-5-9-15)24-18(28)13-33-19(29)12-26-21(30)16-10-6-7-11-17(16)22(26)31/h3-5,8-9,16-17H,6-7,10-13H2,1-2H3,(H,24,28). The average molecular weight is 454 g/mol. The minimum atomic E-state index is -0.850. The molecule has 2 unspecified atom stereocenters. The zero-order valence-corrected chi connectivity index (χ0v) is 18.6. The molecule has 0 spiro atoms. The van der Waals surface area contributed by atoms with Gasteiger partial charge in [0.1, 0.15) is 12.2 Å². The molecule has 2 atom stereocenters. The van der Waals surface area contributed by atoms with E-state index in [4.69, 9.17) is 4.74 Å². The van der Waals surface area contributed by atoms with Crippen molar-refractivity contribution in [3.63, 3.8) is 0 Å². The minimum Gasteiger partial charge on any atom is -0.454 e. The van der Waals surface area contributed by atoms with Crippen LogP contribution in [-0.4, -0.2) is 51.1 Å². The zero-order chi connectivity index (χ0) is 23.7. The molecule has 10 heteroatoms. The summed E-state index contributed by atoms with van der Waals surface area (Å²) in [5.41, 5.74) is 0.827. The highest BCUT2D eigenvalue weighted by molar-refractivity contribution is 6.07. The summed E-state index contributed by atoms with van der Waals surface area (Å²) < 4.78 is 8.01. The van der Waals surface area contributed by atoms with Crippen LogP contribution < -0.4 is 10.9 Å². The third-order valence-electron chi connectivity index (χ3n) is 6.40. The van der Waals surface area contributed by atoms with Crippen LogP contribution in [0.25, 0.3) is 5.69 Å². The van der Waals surface area contributed by atoms with Crippen LogP contribution in [0.5, 0.6) is 0 Å². The van der Waals surface area contributed by atoms with E-state index in [0.717, 1.165) is 17.7 Å². The van der Waals surface area contributed by atoms with Crippen LogP contribution in [0.1, 0.15) is 31.4 Å². The molecule has 2 aliphatic rings. The normalized spacial score (nSPS) is 20.0. The van der Waals surface area contributed by atoms with E-state index in [1.807, 2.05) is 6.07 Å². The number of likely N-dealkylation sites (tertiary alicyclic amines) is 1. The van der Waals surface area contributed by atoms with Crippen molar-refractivity contribution < 1.29 is 23.9 Å². The quantitative estimate of drug-likeness (QED) is 0.516. The number of hydrogen-bond donors (Lipinski definition) is 1. The van der Waals surface area contributed by atoms with Gasteiger partial charge < -0.3 is 10.1 Å². The van der Waals surface area contributed by atoms with Crippen LogP contribution in [0.3, 0.4) is 0 Å². The summed E-state index contributed by atoms with van der Waals surface area (Å²) in [7, 11) is 1.70. The molecule has 174 valence electrons. The highest BCUT2D eigenvalue weighted by Crippen LogP contribution is 2.37. The first-order chi connectivity index (χ1) is 15.8. The number of fused-ring (bicyclic) bond motifs is 1. The van der Waals surface area contributed by atoms with Gasteiger partial charge in [-0.1, -0.05) is 31.0 Å². The molecular formula is C23H26N4O6. The van der Waals surface area contributed by atoms with Gasteiger partial charge in [0.15, 0.2) is 6.61 Å². The number of anilines is 1. The molecule has 1 saturated heterocycles. The van der Waals surface area contributed by atoms with E-state index in [-0.39, 0.29) is 29.3 Å². The molecule has 10 nitrogen and oxygen atoms in total. The first kappa shape index (κ1) is 22.5. The number of aromatic nitrogens is 2. The van der Waals surface area contributed by atoms with E-state index in [2.05, 4.69) is 5.32 Å². The predicted octanol–water partition coefficient (Wildman–Crippen LogP) is 1.14. The molecule has 1 aromatic carbocycles. The molecule has 0 radical (unpaired) electrons. The summed E-state index contributed by atoms with van der Waals surface area (Å²) in [6.45, 7) is 0.538. The molecule has 2 heterocycles. The second kappa shape index (κ2) is 9.05. The van der Waals surface area contributed by atoms with Crippen molar-refractivity contribution in [2.24, 2.45) is 18.9 Å². The fraction of sp³-hybridized carbons (Fsp3) is 0.435. The summed E-state index contributed by atoms with van der Waals surface area (Å²) >= 11 is 0. The van der Waals surface area contributed by atoms with Crippen LogP contribution >= 0.6 is 0 Å². The molecule has 4 rings (SSSR count). The Bertz CT molecular complexity index is 1140. The van der Waals surface area contributed by atoms with Crippen LogP contribution in [-0.2, 0) is 31.0 Å². The van der Waals surface area contributed by atoms with Crippen molar-refractivity contribution in [3.05, 3.63) is 46.4 Å². The molecule has 2 fully saturated rings. The topological polar surface area (TPSA) is 120 Å². The third-order valence-corrected chi connectivity index (χ3v) is 6.40. The summed E-state index contributed by atoms with van der Waals surface area (Å²) in [6.07, 6.45) is 3.09. The van der Waals surface area contributed by atoms with Gasteiger partial charge in [0, 0.05) is 7.05 Å². The first-order valence-corrected chi connectivity index (χ1v) is 10.9. The van der Waals surface area contributed by atoms with Crippen LogP contribution in [0.2, 0.25) is 0 Å². The Hall–Kier alpha value is -3.69. The minimum absolute atomic E-state index is 0.0800. The Labute approximate surface area is 190 Å². The second-order valence-corrected chi connectivity index (χ2v) is 8.41. The molecule has 2 aromatic rings. The van der Waals surface area contributed by atoms with Crippen molar-refractivity contribution in [2.45, 2.75) is 32.6 Å². The average Bonchev–Trinajstić information content (AvgIpc) is 3.18. The van der Waals surface area contributed by atoms with Gasteiger partial charge in [-0.3, -0.25) is 33.6 Å². The molecule has 1 aliphatic heterocycles. The molecule has 1 N–H and O–H groups in total. The zero-order valence-electron chi connectivity index (χ0n) is 18.6. The lowest BCUT2D eigenvalue weighted by Crippen LogP contribution is -2.37. The lowest BCUT2D eigenvalue weighted by atomic mass is 9.81. The van der Waals surface area contributed by atoms with Gasteiger partial charge in [-0.2, -0.15) is 0 Å².